The van der Waals surface area contributed by atoms with Crippen molar-refractivity contribution in [3.05, 3.63) is 56.7 Å². The third-order valence-electron chi connectivity index (χ3n) is 6.77. The summed E-state index contributed by atoms with van der Waals surface area (Å²) in [5.41, 5.74) is 1.49. The molecule has 3 atom stereocenters. The number of benzene rings is 2. The van der Waals surface area contributed by atoms with Crippen LogP contribution in [0.25, 0.3) is 0 Å². The molecule has 0 heterocycles. The van der Waals surface area contributed by atoms with Gasteiger partial charge in [0.25, 0.3) is 0 Å². The summed E-state index contributed by atoms with van der Waals surface area (Å²) in [6.07, 6.45) is 0.397. The summed E-state index contributed by atoms with van der Waals surface area (Å²) in [4.78, 5) is 38.8. The minimum absolute atomic E-state index is 0.0415. The van der Waals surface area contributed by atoms with Crippen molar-refractivity contribution < 1.29 is 43.5 Å². The Kier molecular flexibility index (Phi) is 11.8. The third kappa shape index (κ3) is 7.89. The van der Waals surface area contributed by atoms with Crippen LogP contribution in [0, 0.1) is 3.57 Å². The SMILES string of the molecule is COc1ccc(OC)c(CCN(C(C)=O)C2CC(C(=O)NCCO)=CC(Oc3c(I)cc(C=O)cc3OC)C2O)c1. The van der Waals surface area contributed by atoms with Gasteiger partial charge in [0.05, 0.1) is 37.5 Å². The van der Waals surface area contributed by atoms with E-state index in [1.807, 2.05) is 28.7 Å². The second-order valence-electron chi connectivity index (χ2n) is 9.31. The van der Waals surface area contributed by atoms with E-state index in [9.17, 15) is 24.6 Å². The van der Waals surface area contributed by atoms with E-state index < -0.39 is 24.2 Å². The topological polar surface area (TPSA) is 144 Å². The molecule has 12 heteroatoms. The maximum Gasteiger partial charge on any atom is 0.247 e. The van der Waals surface area contributed by atoms with Gasteiger partial charge in [0, 0.05) is 37.6 Å². The summed E-state index contributed by atoms with van der Waals surface area (Å²) in [6, 6.07) is 7.69. The first-order valence-corrected chi connectivity index (χ1v) is 14.0. The molecule has 41 heavy (non-hydrogen) atoms. The van der Waals surface area contributed by atoms with E-state index in [0.717, 1.165) is 5.56 Å². The summed E-state index contributed by atoms with van der Waals surface area (Å²) in [5.74, 6) is 1.09. The largest absolute Gasteiger partial charge is 0.497 e. The summed E-state index contributed by atoms with van der Waals surface area (Å²) in [7, 11) is 4.55. The monoisotopic (exact) mass is 682 g/mol. The number of carbonyl (C=O) groups is 3. The molecule has 2 amide bonds. The number of hydrogen-bond acceptors (Lipinski definition) is 9. The number of ether oxygens (including phenoxy) is 4. The fourth-order valence-electron chi connectivity index (χ4n) is 4.71. The Morgan fingerprint density at radius 2 is 1.85 bits per heavy atom. The molecular weight excluding hydrogens is 647 g/mol. The van der Waals surface area contributed by atoms with Gasteiger partial charge in [-0.05, 0) is 71.0 Å². The second-order valence-corrected chi connectivity index (χ2v) is 10.5. The predicted octanol–water partition coefficient (Wildman–Crippen LogP) is 2.14. The molecule has 2 aromatic carbocycles. The van der Waals surface area contributed by atoms with Gasteiger partial charge in [-0.1, -0.05) is 0 Å². The quantitative estimate of drug-likeness (QED) is 0.214. The van der Waals surface area contributed by atoms with Gasteiger partial charge in [-0.2, -0.15) is 0 Å². The van der Waals surface area contributed by atoms with Crippen LogP contribution in [-0.2, 0) is 16.0 Å². The number of nitrogens with zero attached hydrogens (tertiary/aromatic N) is 1. The molecule has 0 aliphatic heterocycles. The molecule has 1 aliphatic carbocycles. The zero-order chi connectivity index (χ0) is 30.1. The van der Waals surface area contributed by atoms with Crippen molar-refractivity contribution in [3.63, 3.8) is 0 Å². The van der Waals surface area contributed by atoms with Crippen LogP contribution in [0.1, 0.15) is 29.3 Å². The van der Waals surface area contributed by atoms with Gasteiger partial charge in [-0.3, -0.25) is 14.4 Å². The van der Waals surface area contributed by atoms with E-state index in [1.54, 1.807) is 32.4 Å². The van der Waals surface area contributed by atoms with Gasteiger partial charge >= 0.3 is 0 Å². The van der Waals surface area contributed by atoms with Crippen molar-refractivity contribution in [1.82, 2.24) is 10.2 Å². The van der Waals surface area contributed by atoms with E-state index in [0.29, 0.717) is 38.9 Å². The summed E-state index contributed by atoms with van der Waals surface area (Å²) in [6.45, 7) is 1.42. The van der Waals surface area contributed by atoms with Crippen LogP contribution in [0.5, 0.6) is 23.0 Å². The summed E-state index contributed by atoms with van der Waals surface area (Å²) < 4.78 is 23.0. The Morgan fingerprint density at radius 3 is 2.46 bits per heavy atom. The van der Waals surface area contributed by atoms with Gasteiger partial charge in [-0.25, -0.2) is 0 Å². The Balaban J connectivity index is 1.97. The van der Waals surface area contributed by atoms with Gasteiger partial charge < -0.3 is 39.4 Å². The number of rotatable bonds is 13. The van der Waals surface area contributed by atoms with Crippen molar-refractivity contribution >= 4 is 40.7 Å². The molecule has 3 unspecified atom stereocenters. The van der Waals surface area contributed by atoms with E-state index in [2.05, 4.69) is 5.32 Å². The lowest BCUT2D eigenvalue weighted by Crippen LogP contribution is -2.55. The van der Waals surface area contributed by atoms with Crippen molar-refractivity contribution in [2.24, 2.45) is 0 Å². The number of amides is 2. The normalized spacial score (nSPS) is 18.1. The van der Waals surface area contributed by atoms with Gasteiger partial charge in [-0.15, -0.1) is 0 Å². The molecule has 0 saturated heterocycles. The van der Waals surface area contributed by atoms with Gasteiger partial charge in [0.15, 0.2) is 11.5 Å². The van der Waals surface area contributed by atoms with E-state index >= 15 is 0 Å². The Morgan fingerprint density at radius 1 is 1.12 bits per heavy atom. The van der Waals surface area contributed by atoms with Crippen molar-refractivity contribution in [1.29, 1.82) is 0 Å². The number of carbonyl (C=O) groups excluding carboxylic acids is 3. The van der Waals surface area contributed by atoms with Crippen LogP contribution in [0.4, 0.5) is 0 Å². The molecule has 11 nitrogen and oxygen atoms in total. The zero-order valence-corrected chi connectivity index (χ0v) is 25.5. The highest BCUT2D eigenvalue weighted by molar-refractivity contribution is 14.1. The minimum Gasteiger partial charge on any atom is -0.497 e. The molecule has 0 saturated carbocycles. The minimum atomic E-state index is -1.22. The summed E-state index contributed by atoms with van der Waals surface area (Å²) in [5, 5.41) is 23.4. The van der Waals surface area contributed by atoms with Crippen molar-refractivity contribution in [3.8, 4) is 23.0 Å². The van der Waals surface area contributed by atoms with Gasteiger partial charge in [0.1, 0.15) is 30.0 Å². The highest BCUT2D eigenvalue weighted by Crippen LogP contribution is 2.37. The first-order valence-electron chi connectivity index (χ1n) is 12.9. The molecule has 0 bridgehead atoms. The number of halogens is 1. The average molecular weight is 683 g/mol. The maximum absolute atomic E-state index is 13.0. The first kappa shape index (κ1) is 32.2. The summed E-state index contributed by atoms with van der Waals surface area (Å²) >= 11 is 2.00. The predicted molar refractivity (Wildman–Crippen MR) is 159 cm³/mol. The smallest absolute Gasteiger partial charge is 0.247 e. The van der Waals surface area contributed by atoms with Crippen LogP contribution in [-0.4, -0.2) is 92.5 Å². The molecule has 0 aromatic heterocycles. The molecule has 0 radical (unpaired) electrons. The first-order chi connectivity index (χ1) is 19.7. The molecule has 0 fully saturated rings. The van der Waals surface area contributed by atoms with Crippen LogP contribution < -0.4 is 24.3 Å². The van der Waals surface area contributed by atoms with Gasteiger partial charge in [0.2, 0.25) is 11.8 Å². The third-order valence-corrected chi connectivity index (χ3v) is 7.57. The second kappa shape index (κ2) is 15.0. The standard InChI is InChI=1S/C29H35IN2O9/c1-17(35)32(9-7-19-13-21(38-2)5-6-24(19)39-3)23-14-20(29(37)31-8-10-33)15-25(27(23)36)41-28-22(30)11-18(16-34)12-26(28)40-4/h5-6,11-13,15-16,23,25,27,33,36H,7-10,14H2,1-4H3,(H,31,37). The highest BCUT2D eigenvalue weighted by atomic mass is 127. The Bertz CT molecular complexity index is 1280. The lowest BCUT2D eigenvalue weighted by atomic mass is 9.88. The molecule has 1 aliphatic rings. The van der Waals surface area contributed by atoms with Crippen LogP contribution in [0.15, 0.2) is 42.0 Å². The van der Waals surface area contributed by atoms with Crippen LogP contribution in [0.2, 0.25) is 0 Å². The lowest BCUT2D eigenvalue weighted by molar-refractivity contribution is -0.136. The van der Waals surface area contributed by atoms with Crippen LogP contribution in [0.3, 0.4) is 0 Å². The molecular formula is C29H35IN2O9. The lowest BCUT2D eigenvalue weighted by Gasteiger charge is -2.40. The number of methoxy groups -OCH3 is 3. The number of aliphatic hydroxyl groups excluding tert-OH is 2. The molecule has 3 rings (SSSR count). The van der Waals surface area contributed by atoms with E-state index in [-0.39, 0.29) is 43.5 Å². The molecule has 2 aromatic rings. The highest BCUT2D eigenvalue weighted by Gasteiger charge is 2.40. The van der Waals surface area contributed by atoms with Crippen LogP contribution >= 0.6 is 22.6 Å². The fourth-order valence-corrected chi connectivity index (χ4v) is 5.47. The number of hydrogen-bond donors (Lipinski definition) is 3. The maximum atomic E-state index is 13.0. The molecule has 222 valence electrons. The van der Waals surface area contributed by atoms with Crippen molar-refractivity contribution in [2.75, 3.05) is 41.0 Å². The van der Waals surface area contributed by atoms with E-state index in [1.165, 1.54) is 31.1 Å². The number of nitrogens with one attached hydrogen (secondary N) is 1. The fraction of sp³-hybridized carbons (Fsp3) is 0.414. The molecule has 3 N–H and O–H groups in total. The van der Waals surface area contributed by atoms with E-state index in [4.69, 9.17) is 18.9 Å². The molecule has 0 spiro atoms. The Hall–Kier alpha value is -3.36. The van der Waals surface area contributed by atoms with Crippen molar-refractivity contribution in [2.45, 2.75) is 38.0 Å². The zero-order valence-electron chi connectivity index (χ0n) is 23.4. The Labute approximate surface area is 252 Å². The number of aliphatic hydroxyl groups is 2. The number of aldehydes is 1. The average Bonchev–Trinajstić information content (AvgIpc) is 2.97.